The van der Waals surface area contributed by atoms with Crippen LogP contribution in [0, 0.1) is 0 Å². The Bertz CT molecular complexity index is 916. The van der Waals surface area contributed by atoms with E-state index in [-0.39, 0.29) is 11.5 Å². The summed E-state index contributed by atoms with van der Waals surface area (Å²) in [5.74, 6) is 5.53. The molecule has 21 heavy (non-hydrogen) atoms. The maximum absolute atomic E-state index is 12.4. The summed E-state index contributed by atoms with van der Waals surface area (Å²) in [7, 11) is 0. The lowest BCUT2D eigenvalue weighted by atomic mass is 9.85. The number of fused-ring (bicyclic) bond motifs is 5. The normalized spacial score (nSPS) is 12.8. The molecule has 1 aliphatic rings. The van der Waals surface area contributed by atoms with Gasteiger partial charge in [-0.25, -0.2) is 10.8 Å². The molecule has 104 valence electrons. The molecule has 0 fully saturated rings. The van der Waals surface area contributed by atoms with Gasteiger partial charge in [-0.3, -0.25) is 15.2 Å². The lowest BCUT2D eigenvalue weighted by Crippen LogP contribution is -2.19. The van der Waals surface area contributed by atoms with Crippen molar-refractivity contribution in [2.45, 2.75) is 12.8 Å². The molecule has 4 N–H and O–H groups in total. The van der Waals surface area contributed by atoms with Gasteiger partial charge in [0, 0.05) is 11.8 Å². The van der Waals surface area contributed by atoms with E-state index in [0.29, 0.717) is 11.0 Å². The maximum Gasteiger partial charge on any atom is 0.262 e. The van der Waals surface area contributed by atoms with E-state index in [1.54, 1.807) is 6.20 Å². The number of nitrogens with zero attached hydrogens (tertiary/aromatic N) is 2. The number of anilines is 1. The number of nitrogen functional groups attached to an aromatic ring is 1. The van der Waals surface area contributed by atoms with Gasteiger partial charge >= 0.3 is 0 Å². The Morgan fingerprint density at radius 3 is 2.86 bits per heavy atom. The van der Waals surface area contributed by atoms with E-state index in [1.165, 1.54) is 5.56 Å². The molecule has 6 nitrogen and oxygen atoms in total. The molecule has 1 aliphatic carbocycles. The largest absolute Gasteiger partial charge is 0.294 e. The van der Waals surface area contributed by atoms with Gasteiger partial charge in [0.2, 0.25) is 5.95 Å². The molecule has 6 heteroatoms. The number of hydrazine groups is 1. The van der Waals surface area contributed by atoms with Crippen LogP contribution in [0.5, 0.6) is 0 Å². The molecule has 0 saturated carbocycles. The lowest BCUT2D eigenvalue weighted by Gasteiger charge is -2.20. The zero-order valence-electron chi connectivity index (χ0n) is 11.2. The third-order valence-electron chi connectivity index (χ3n) is 3.90. The monoisotopic (exact) mass is 279 g/mol. The first kappa shape index (κ1) is 12.0. The smallest absolute Gasteiger partial charge is 0.262 e. The maximum atomic E-state index is 12.4. The highest BCUT2D eigenvalue weighted by Crippen LogP contribution is 2.36. The zero-order valence-corrected chi connectivity index (χ0v) is 11.2. The van der Waals surface area contributed by atoms with Crippen molar-refractivity contribution in [2.24, 2.45) is 5.84 Å². The van der Waals surface area contributed by atoms with Gasteiger partial charge in [0.25, 0.3) is 5.56 Å². The summed E-state index contributed by atoms with van der Waals surface area (Å²) < 4.78 is 0. The number of hydrogen-bond donors (Lipinski definition) is 3. The fraction of sp³-hybridized carbons (Fsp3) is 0.133. The molecule has 0 bridgehead atoms. The van der Waals surface area contributed by atoms with Crippen molar-refractivity contribution in [1.82, 2.24) is 15.0 Å². The van der Waals surface area contributed by atoms with Crippen LogP contribution < -0.4 is 16.8 Å². The van der Waals surface area contributed by atoms with Crippen LogP contribution in [0.3, 0.4) is 0 Å². The summed E-state index contributed by atoms with van der Waals surface area (Å²) in [6.07, 6.45) is 3.65. The number of aromatic nitrogens is 3. The molecule has 0 atom stereocenters. The molecule has 2 aromatic heterocycles. The molecule has 4 rings (SSSR count). The van der Waals surface area contributed by atoms with Gasteiger partial charge in [0.15, 0.2) is 5.65 Å². The second-order valence-corrected chi connectivity index (χ2v) is 5.07. The highest BCUT2D eigenvalue weighted by Gasteiger charge is 2.21. The number of rotatable bonds is 1. The van der Waals surface area contributed by atoms with E-state index in [1.807, 2.05) is 18.2 Å². The highest BCUT2D eigenvalue weighted by atomic mass is 16.1. The molecule has 0 saturated heterocycles. The summed E-state index contributed by atoms with van der Waals surface area (Å²) >= 11 is 0. The Labute approximate surface area is 120 Å². The third kappa shape index (κ3) is 1.73. The number of H-pyrrole nitrogens is 1. The van der Waals surface area contributed by atoms with Crippen molar-refractivity contribution in [2.75, 3.05) is 5.43 Å². The fourth-order valence-corrected chi connectivity index (χ4v) is 2.96. The number of nitrogens with one attached hydrogen (secondary N) is 2. The third-order valence-corrected chi connectivity index (χ3v) is 3.90. The molecule has 0 amide bonds. The minimum atomic E-state index is -0.228. The Morgan fingerprint density at radius 1 is 1.19 bits per heavy atom. The van der Waals surface area contributed by atoms with Crippen molar-refractivity contribution in [3.05, 3.63) is 51.9 Å². The van der Waals surface area contributed by atoms with Crippen LogP contribution in [0.1, 0.15) is 11.1 Å². The molecular formula is C15H13N5O. The Morgan fingerprint density at radius 2 is 2.00 bits per heavy atom. The van der Waals surface area contributed by atoms with Gasteiger partial charge in [-0.1, -0.05) is 24.3 Å². The number of aryl methyl sites for hydroxylation is 2. The minimum absolute atomic E-state index is 0.212. The van der Waals surface area contributed by atoms with E-state index in [4.69, 9.17) is 5.84 Å². The average Bonchev–Trinajstić information content (AvgIpc) is 2.53. The SMILES string of the molecule is NNc1nc2ncc3c(c2c(=O)[nH]1)-c1ccccc1CC3. The predicted molar refractivity (Wildman–Crippen MR) is 80.8 cm³/mol. The van der Waals surface area contributed by atoms with Crippen LogP contribution >= 0.6 is 0 Å². The van der Waals surface area contributed by atoms with Gasteiger partial charge in [0.05, 0.1) is 5.39 Å². The molecule has 3 aromatic rings. The first-order chi connectivity index (χ1) is 10.3. The topological polar surface area (TPSA) is 96.7 Å². The lowest BCUT2D eigenvalue weighted by molar-refractivity contribution is 0.934. The Balaban J connectivity index is 2.14. The second kappa shape index (κ2) is 4.39. The summed E-state index contributed by atoms with van der Waals surface area (Å²) in [6, 6.07) is 8.15. The molecule has 0 spiro atoms. The van der Waals surface area contributed by atoms with Crippen molar-refractivity contribution >= 4 is 17.0 Å². The summed E-state index contributed by atoms with van der Waals surface area (Å²) in [5.41, 5.74) is 6.90. The van der Waals surface area contributed by atoms with Gasteiger partial charge in [-0.15, -0.1) is 0 Å². The van der Waals surface area contributed by atoms with E-state index >= 15 is 0 Å². The summed E-state index contributed by atoms with van der Waals surface area (Å²) in [4.78, 5) is 23.6. The fourth-order valence-electron chi connectivity index (χ4n) is 2.96. The van der Waals surface area contributed by atoms with Crippen LogP contribution in [0.2, 0.25) is 0 Å². The van der Waals surface area contributed by atoms with Gasteiger partial charge in [-0.05, 0) is 29.5 Å². The molecular weight excluding hydrogens is 266 g/mol. The molecule has 0 aliphatic heterocycles. The molecule has 2 heterocycles. The van der Waals surface area contributed by atoms with Crippen molar-refractivity contribution < 1.29 is 0 Å². The molecule has 0 unspecified atom stereocenters. The average molecular weight is 279 g/mol. The van der Waals surface area contributed by atoms with Crippen molar-refractivity contribution in [3.8, 4) is 11.1 Å². The standard InChI is InChI=1S/C15H13N5O/c16-20-15-18-13-12(14(21)19-15)11-9(7-17-13)6-5-8-3-1-2-4-10(8)11/h1-4,7H,5-6,16H2,(H2,17,18,19,20,21). The van der Waals surface area contributed by atoms with E-state index in [2.05, 4.69) is 26.4 Å². The van der Waals surface area contributed by atoms with Crippen LogP contribution in [0.4, 0.5) is 5.95 Å². The van der Waals surface area contributed by atoms with Crippen LogP contribution in [0.15, 0.2) is 35.3 Å². The second-order valence-electron chi connectivity index (χ2n) is 5.07. The van der Waals surface area contributed by atoms with E-state index in [9.17, 15) is 4.79 Å². The number of hydrogen-bond acceptors (Lipinski definition) is 5. The van der Waals surface area contributed by atoms with Gasteiger partial charge < -0.3 is 0 Å². The van der Waals surface area contributed by atoms with Crippen molar-refractivity contribution in [1.29, 1.82) is 0 Å². The molecule has 0 radical (unpaired) electrons. The number of pyridine rings is 1. The highest BCUT2D eigenvalue weighted by molar-refractivity contribution is 5.95. The summed E-state index contributed by atoms with van der Waals surface area (Å²) in [6.45, 7) is 0. The summed E-state index contributed by atoms with van der Waals surface area (Å²) in [5, 5.41) is 0.527. The van der Waals surface area contributed by atoms with Gasteiger partial charge in [0.1, 0.15) is 0 Å². The van der Waals surface area contributed by atoms with E-state index < -0.39 is 0 Å². The Hall–Kier alpha value is -2.73. The number of nitrogens with two attached hydrogens (primary N) is 1. The minimum Gasteiger partial charge on any atom is -0.294 e. The zero-order chi connectivity index (χ0) is 14.4. The quantitative estimate of drug-likeness (QED) is 0.462. The van der Waals surface area contributed by atoms with Crippen LogP contribution in [-0.4, -0.2) is 15.0 Å². The number of benzene rings is 1. The Kier molecular flexibility index (Phi) is 2.52. The van der Waals surface area contributed by atoms with Crippen LogP contribution in [-0.2, 0) is 12.8 Å². The van der Waals surface area contributed by atoms with Crippen molar-refractivity contribution in [3.63, 3.8) is 0 Å². The molecule has 1 aromatic carbocycles. The number of aromatic amines is 1. The predicted octanol–water partition coefficient (Wildman–Crippen LogP) is 1.37. The first-order valence-corrected chi connectivity index (χ1v) is 6.74. The van der Waals surface area contributed by atoms with E-state index in [0.717, 1.165) is 29.5 Å². The first-order valence-electron chi connectivity index (χ1n) is 6.74. The van der Waals surface area contributed by atoms with Crippen LogP contribution in [0.25, 0.3) is 22.2 Å². The van der Waals surface area contributed by atoms with Gasteiger partial charge in [-0.2, -0.15) is 4.98 Å².